The van der Waals surface area contributed by atoms with Crippen molar-refractivity contribution in [3.63, 3.8) is 0 Å². The number of ether oxygens (including phenoxy) is 2. The van der Waals surface area contributed by atoms with Gasteiger partial charge in [0.25, 0.3) is 5.91 Å². The Balaban J connectivity index is 1.37. The molecule has 0 unspecified atom stereocenters. The standard InChI is InChI=1S/C20H21ClF3N3O5/c1-11(18-26-27-19(31-18)12-6-15(7-12)32-20(22,23)24)4-5-25-17(29)10-30-14-2-3-16(21)13(8-14)9-28/h2-3,8,12,15,28H,1,4-7,9-10H2,(H,25,29). The van der Waals surface area contributed by atoms with Crippen LogP contribution in [0.2, 0.25) is 5.02 Å². The van der Waals surface area contributed by atoms with Gasteiger partial charge in [0, 0.05) is 23.1 Å². The largest absolute Gasteiger partial charge is 0.522 e. The number of aliphatic hydroxyl groups excluding tert-OH is 1. The first-order valence-electron chi connectivity index (χ1n) is 9.69. The summed E-state index contributed by atoms with van der Waals surface area (Å²) in [6.45, 7) is 3.60. The predicted octanol–water partition coefficient (Wildman–Crippen LogP) is 3.60. The Hall–Kier alpha value is -2.63. The normalized spacial score (nSPS) is 18.2. The highest BCUT2D eigenvalue weighted by molar-refractivity contribution is 6.31. The molecule has 0 atom stereocenters. The smallest absolute Gasteiger partial charge is 0.484 e. The number of hydrogen-bond donors (Lipinski definition) is 2. The first-order chi connectivity index (χ1) is 15.1. The number of hydrogen-bond acceptors (Lipinski definition) is 7. The molecule has 8 nitrogen and oxygen atoms in total. The molecular weight excluding hydrogens is 455 g/mol. The van der Waals surface area contributed by atoms with Crippen LogP contribution < -0.4 is 10.1 Å². The van der Waals surface area contributed by atoms with Gasteiger partial charge in [-0.1, -0.05) is 18.2 Å². The molecule has 1 aromatic carbocycles. The molecule has 1 heterocycles. The van der Waals surface area contributed by atoms with Gasteiger partial charge >= 0.3 is 6.36 Å². The Morgan fingerprint density at radius 2 is 2.09 bits per heavy atom. The average Bonchev–Trinajstić information content (AvgIpc) is 3.18. The van der Waals surface area contributed by atoms with E-state index in [1.54, 1.807) is 18.2 Å². The third-order valence-electron chi connectivity index (χ3n) is 4.79. The Bertz CT molecular complexity index is 960. The van der Waals surface area contributed by atoms with E-state index in [0.29, 0.717) is 28.3 Å². The van der Waals surface area contributed by atoms with Crippen molar-refractivity contribution in [1.29, 1.82) is 0 Å². The van der Waals surface area contributed by atoms with Gasteiger partial charge in [-0.05, 0) is 43.0 Å². The highest BCUT2D eigenvalue weighted by Gasteiger charge is 2.42. The van der Waals surface area contributed by atoms with E-state index in [9.17, 15) is 23.1 Å². The summed E-state index contributed by atoms with van der Waals surface area (Å²) in [5, 5.41) is 20.0. The fourth-order valence-electron chi connectivity index (χ4n) is 3.02. The van der Waals surface area contributed by atoms with Crippen LogP contribution in [0.5, 0.6) is 5.75 Å². The van der Waals surface area contributed by atoms with E-state index in [1.165, 1.54) is 0 Å². The summed E-state index contributed by atoms with van der Waals surface area (Å²) in [5.74, 6) is 0.159. The van der Waals surface area contributed by atoms with Crippen molar-refractivity contribution in [3.8, 4) is 5.75 Å². The number of amides is 1. The van der Waals surface area contributed by atoms with Crippen LogP contribution >= 0.6 is 11.6 Å². The summed E-state index contributed by atoms with van der Waals surface area (Å²) in [6.07, 6.45) is -4.93. The average molecular weight is 476 g/mol. The lowest BCUT2D eigenvalue weighted by molar-refractivity contribution is -0.352. The molecule has 1 aliphatic rings. The second-order valence-electron chi connectivity index (χ2n) is 7.20. The molecule has 0 radical (unpaired) electrons. The van der Waals surface area contributed by atoms with Gasteiger partial charge in [-0.25, -0.2) is 0 Å². The first kappa shape index (κ1) is 24.0. The number of aliphatic hydroxyl groups is 1. The van der Waals surface area contributed by atoms with E-state index in [2.05, 4.69) is 26.8 Å². The van der Waals surface area contributed by atoms with Gasteiger partial charge in [0.2, 0.25) is 11.8 Å². The zero-order valence-electron chi connectivity index (χ0n) is 16.8. The van der Waals surface area contributed by atoms with Crippen LogP contribution in [-0.4, -0.2) is 46.8 Å². The highest BCUT2D eigenvalue weighted by atomic mass is 35.5. The molecule has 2 aromatic rings. The Labute approximate surface area is 186 Å². The molecule has 1 aromatic heterocycles. The Morgan fingerprint density at radius 1 is 1.34 bits per heavy atom. The minimum Gasteiger partial charge on any atom is -0.484 e. The molecular formula is C20H21ClF3N3O5. The van der Waals surface area contributed by atoms with Crippen LogP contribution in [0.15, 0.2) is 29.2 Å². The molecule has 0 bridgehead atoms. The van der Waals surface area contributed by atoms with Crippen molar-refractivity contribution in [3.05, 3.63) is 47.1 Å². The lowest BCUT2D eigenvalue weighted by Crippen LogP contribution is -2.34. The maximum absolute atomic E-state index is 12.2. The van der Waals surface area contributed by atoms with Crippen molar-refractivity contribution < 1.29 is 37.0 Å². The minimum absolute atomic E-state index is 0.150. The van der Waals surface area contributed by atoms with Gasteiger partial charge < -0.3 is 19.6 Å². The zero-order valence-corrected chi connectivity index (χ0v) is 17.6. The lowest BCUT2D eigenvalue weighted by atomic mass is 9.82. The summed E-state index contributed by atoms with van der Waals surface area (Å²) in [7, 11) is 0. The monoisotopic (exact) mass is 475 g/mol. The highest BCUT2D eigenvalue weighted by Crippen LogP contribution is 2.41. The van der Waals surface area contributed by atoms with Crippen LogP contribution in [0.1, 0.15) is 42.5 Å². The molecule has 1 saturated carbocycles. The predicted molar refractivity (Wildman–Crippen MR) is 107 cm³/mol. The summed E-state index contributed by atoms with van der Waals surface area (Å²) < 4.78 is 51.4. The van der Waals surface area contributed by atoms with E-state index >= 15 is 0 Å². The van der Waals surface area contributed by atoms with Gasteiger partial charge in [0.1, 0.15) is 5.75 Å². The number of aromatic nitrogens is 2. The number of carbonyl (C=O) groups excluding carboxylic acids is 1. The van der Waals surface area contributed by atoms with Crippen molar-refractivity contribution in [1.82, 2.24) is 15.5 Å². The molecule has 0 saturated heterocycles. The second kappa shape index (κ2) is 10.3. The zero-order chi connectivity index (χ0) is 23.3. The molecule has 1 fully saturated rings. The van der Waals surface area contributed by atoms with Crippen molar-refractivity contribution in [2.24, 2.45) is 0 Å². The fraction of sp³-hybridized carbons (Fsp3) is 0.450. The van der Waals surface area contributed by atoms with Crippen molar-refractivity contribution in [2.45, 2.75) is 44.3 Å². The quantitative estimate of drug-likeness (QED) is 0.540. The first-order valence-corrected chi connectivity index (χ1v) is 10.1. The van der Waals surface area contributed by atoms with Gasteiger partial charge in [0.15, 0.2) is 6.61 Å². The molecule has 1 aliphatic carbocycles. The fourth-order valence-corrected chi connectivity index (χ4v) is 3.19. The van der Waals surface area contributed by atoms with E-state index in [1.807, 2.05) is 0 Å². The van der Waals surface area contributed by atoms with Crippen LogP contribution in [-0.2, 0) is 16.1 Å². The maximum Gasteiger partial charge on any atom is 0.522 e. The third-order valence-corrected chi connectivity index (χ3v) is 5.16. The summed E-state index contributed by atoms with van der Waals surface area (Å²) in [6, 6.07) is 4.70. The van der Waals surface area contributed by atoms with Crippen LogP contribution in [0, 0.1) is 0 Å². The minimum atomic E-state index is -4.66. The SMILES string of the molecule is C=C(CCNC(=O)COc1ccc(Cl)c(CO)c1)c1nnc(C2CC(OC(F)(F)F)C2)o1. The molecule has 0 spiro atoms. The molecule has 3 rings (SSSR count). The topological polar surface area (TPSA) is 107 Å². The number of halogens is 4. The molecule has 2 N–H and O–H groups in total. The molecule has 1 amide bonds. The summed E-state index contributed by atoms with van der Waals surface area (Å²) in [4.78, 5) is 11.9. The van der Waals surface area contributed by atoms with Crippen molar-refractivity contribution >= 4 is 23.1 Å². The second-order valence-corrected chi connectivity index (χ2v) is 7.61. The molecule has 174 valence electrons. The van der Waals surface area contributed by atoms with Gasteiger partial charge in [0.05, 0.1) is 12.7 Å². The van der Waals surface area contributed by atoms with E-state index in [4.69, 9.17) is 20.8 Å². The van der Waals surface area contributed by atoms with Gasteiger partial charge in [-0.3, -0.25) is 9.53 Å². The third kappa shape index (κ3) is 6.68. The Morgan fingerprint density at radius 3 is 2.78 bits per heavy atom. The van der Waals surface area contributed by atoms with Crippen molar-refractivity contribution in [2.75, 3.05) is 13.2 Å². The number of alkyl halides is 3. The number of nitrogens with zero attached hydrogens (tertiary/aromatic N) is 2. The van der Waals surface area contributed by atoms with Crippen LogP contribution in [0.3, 0.4) is 0 Å². The van der Waals surface area contributed by atoms with E-state index < -0.39 is 12.5 Å². The van der Waals surface area contributed by atoms with Crippen LogP contribution in [0.25, 0.3) is 5.57 Å². The number of carbonyl (C=O) groups is 1. The van der Waals surface area contributed by atoms with Gasteiger partial charge in [-0.15, -0.1) is 23.4 Å². The Kier molecular flexibility index (Phi) is 7.75. The van der Waals surface area contributed by atoms with E-state index in [-0.39, 0.29) is 56.2 Å². The maximum atomic E-state index is 12.2. The molecule has 0 aliphatic heterocycles. The lowest BCUT2D eigenvalue weighted by Gasteiger charge is -2.32. The summed E-state index contributed by atoms with van der Waals surface area (Å²) in [5.41, 5.74) is 0.975. The number of benzene rings is 1. The molecule has 12 heteroatoms. The van der Waals surface area contributed by atoms with E-state index in [0.717, 1.165) is 0 Å². The summed E-state index contributed by atoms with van der Waals surface area (Å²) >= 11 is 5.90. The van der Waals surface area contributed by atoms with Crippen LogP contribution in [0.4, 0.5) is 13.2 Å². The van der Waals surface area contributed by atoms with Gasteiger partial charge in [-0.2, -0.15) is 0 Å². The number of nitrogens with one attached hydrogen (secondary N) is 1. The molecule has 32 heavy (non-hydrogen) atoms. The number of rotatable bonds is 10.